The Morgan fingerprint density at radius 2 is 1.84 bits per heavy atom. The van der Waals surface area contributed by atoms with Crippen LogP contribution in [0.1, 0.15) is 24.1 Å². The van der Waals surface area contributed by atoms with Gasteiger partial charge in [-0.15, -0.1) is 0 Å². The van der Waals surface area contributed by atoms with E-state index in [9.17, 15) is 10.1 Å². The van der Waals surface area contributed by atoms with Gasteiger partial charge in [-0.05, 0) is 30.7 Å². The molecule has 0 aliphatic carbocycles. The number of hydrogen-bond acceptors (Lipinski definition) is 6. The number of carbonyl (C=O) groups is 1. The number of hydrazine groups is 1. The molecule has 0 bridgehead atoms. The van der Waals surface area contributed by atoms with Gasteiger partial charge in [0.05, 0.1) is 17.1 Å². The molecule has 2 aromatic carbocycles. The Labute approximate surface area is 179 Å². The first-order valence-corrected chi connectivity index (χ1v) is 9.57. The molecular formula is C23H19N7O. The second-order valence-electron chi connectivity index (χ2n) is 6.86. The molecule has 3 aromatic rings. The zero-order chi connectivity index (χ0) is 21.8. The zero-order valence-corrected chi connectivity index (χ0v) is 16.7. The summed E-state index contributed by atoms with van der Waals surface area (Å²) in [5.41, 5.74) is 5.82. The van der Waals surface area contributed by atoms with Gasteiger partial charge in [0, 0.05) is 5.56 Å². The topological polar surface area (TPSA) is 120 Å². The lowest BCUT2D eigenvalue weighted by atomic mass is 9.94. The summed E-state index contributed by atoms with van der Waals surface area (Å²) in [5.74, 6) is 4.59. The van der Waals surface area contributed by atoms with Crippen molar-refractivity contribution in [3.8, 4) is 17.2 Å². The first kappa shape index (κ1) is 19.9. The summed E-state index contributed by atoms with van der Waals surface area (Å²) in [7, 11) is 0. The number of nitrogens with zero attached hydrogens (tertiary/aromatic N) is 5. The van der Waals surface area contributed by atoms with Crippen LogP contribution in [0.5, 0.6) is 0 Å². The smallest absolute Gasteiger partial charge is 0.262 e. The Bertz CT molecular complexity index is 1210. The molecule has 0 fully saturated rings. The van der Waals surface area contributed by atoms with Crippen molar-refractivity contribution in [3.63, 3.8) is 0 Å². The fourth-order valence-corrected chi connectivity index (χ4v) is 3.51. The summed E-state index contributed by atoms with van der Waals surface area (Å²) >= 11 is 0. The van der Waals surface area contributed by atoms with E-state index in [1.165, 1.54) is 11.3 Å². The maximum absolute atomic E-state index is 13.3. The summed E-state index contributed by atoms with van der Waals surface area (Å²) in [4.78, 5) is 22.0. The second-order valence-corrected chi connectivity index (χ2v) is 6.86. The minimum atomic E-state index is -0.685. The van der Waals surface area contributed by atoms with Crippen LogP contribution in [0.15, 0.2) is 76.8 Å². The third kappa shape index (κ3) is 3.77. The van der Waals surface area contributed by atoms with Gasteiger partial charge < -0.3 is 5.43 Å². The summed E-state index contributed by atoms with van der Waals surface area (Å²) in [6, 6.07) is 22.6. The van der Waals surface area contributed by atoms with Gasteiger partial charge in [-0.25, -0.2) is 15.8 Å². The van der Waals surface area contributed by atoms with Crippen LogP contribution in [0.25, 0.3) is 11.1 Å². The van der Waals surface area contributed by atoms with Crippen LogP contribution in [-0.2, 0) is 4.79 Å². The molecule has 2 heterocycles. The molecule has 1 amide bonds. The van der Waals surface area contributed by atoms with Gasteiger partial charge in [0.25, 0.3) is 5.91 Å². The number of benzene rings is 2. The number of aromatic nitrogens is 1. The third-order valence-electron chi connectivity index (χ3n) is 4.91. The largest absolute Gasteiger partial charge is 0.315 e. The lowest BCUT2D eigenvalue weighted by molar-refractivity contribution is -0.118. The molecule has 8 heteroatoms. The number of para-hydroxylation sites is 1. The predicted octanol–water partition coefficient (Wildman–Crippen LogP) is 3.25. The maximum atomic E-state index is 13.3. The molecule has 1 atom stereocenters. The summed E-state index contributed by atoms with van der Waals surface area (Å²) in [6.45, 7) is 1.79. The summed E-state index contributed by atoms with van der Waals surface area (Å²) in [6.07, 6.45) is 1.25. The molecule has 0 saturated heterocycles. The van der Waals surface area contributed by atoms with E-state index in [0.29, 0.717) is 28.2 Å². The van der Waals surface area contributed by atoms with Crippen molar-refractivity contribution in [1.82, 2.24) is 10.4 Å². The predicted molar refractivity (Wildman–Crippen MR) is 120 cm³/mol. The molecule has 8 nitrogen and oxygen atoms in total. The molecule has 152 valence electrons. The van der Waals surface area contributed by atoms with Crippen molar-refractivity contribution >= 4 is 29.5 Å². The minimum absolute atomic E-state index is 0.176. The monoisotopic (exact) mass is 409 g/mol. The average Bonchev–Trinajstić information content (AvgIpc) is 3.12. The first-order chi connectivity index (χ1) is 15.1. The Morgan fingerprint density at radius 1 is 1.16 bits per heavy atom. The molecule has 3 N–H and O–H groups in total. The number of rotatable bonds is 5. The van der Waals surface area contributed by atoms with Crippen molar-refractivity contribution in [2.45, 2.75) is 12.8 Å². The average molecular weight is 409 g/mol. The van der Waals surface area contributed by atoms with E-state index in [2.05, 4.69) is 26.6 Å². The fourth-order valence-electron chi connectivity index (χ4n) is 3.51. The molecule has 1 aromatic heterocycles. The zero-order valence-electron chi connectivity index (χ0n) is 16.7. The highest BCUT2D eigenvalue weighted by molar-refractivity contribution is 6.18. The lowest BCUT2D eigenvalue weighted by Crippen LogP contribution is -2.26. The van der Waals surface area contributed by atoms with E-state index in [1.54, 1.807) is 13.0 Å². The highest BCUT2D eigenvalue weighted by atomic mass is 16.2. The van der Waals surface area contributed by atoms with E-state index in [1.807, 2.05) is 60.7 Å². The third-order valence-corrected chi connectivity index (χ3v) is 4.91. The van der Waals surface area contributed by atoms with Crippen LogP contribution in [0.2, 0.25) is 0 Å². The van der Waals surface area contributed by atoms with Gasteiger partial charge in [-0.1, -0.05) is 48.5 Å². The van der Waals surface area contributed by atoms with Gasteiger partial charge in [0.1, 0.15) is 23.9 Å². The van der Waals surface area contributed by atoms with Gasteiger partial charge >= 0.3 is 0 Å². The van der Waals surface area contributed by atoms with Gasteiger partial charge in [0.15, 0.2) is 5.82 Å². The molecule has 31 heavy (non-hydrogen) atoms. The molecular weight excluding hydrogens is 390 g/mol. The number of nitrogens with one attached hydrogen (secondary N) is 1. The number of hydrazone groups is 1. The van der Waals surface area contributed by atoms with E-state index < -0.39 is 5.92 Å². The SMILES string of the molecule is CC1=NN(c2ccccc2)C(=O)C1c1cc(-c2ccccc2)c(C#N)c(/N=C/NN)n1. The maximum Gasteiger partial charge on any atom is 0.262 e. The van der Waals surface area contributed by atoms with Gasteiger partial charge in [-0.2, -0.15) is 15.4 Å². The summed E-state index contributed by atoms with van der Waals surface area (Å²) in [5, 5.41) is 15.6. The number of nitrogens with two attached hydrogens (primary N) is 1. The molecule has 1 aliphatic rings. The van der Waals surface area contributed by atoms with Crippen LogP contribution in [0.3, 0.4) is 0 Å². The Balaban J connectivity index is 1.85. The quantitative estimate of drug-likeness (QED) is 0.290. The van der Waals surface area contributed by atoms with E-state index in [0.717, 1.165) is 5.56 Å². The molecule has 0 radical (unpaired) electrons. The number of nitriles is 1. The molecule has 1 unspecified atom stereocenters. The first-order valence-electron chi connectivity index (χ1n) is 9.57. The minimum Gasteiger partial charge on any atom is -0.315 e. The number of amides is 1. The fraction of sp³-hybridized carbons (Fsp3) is 0.0870. The second kappa shape index (κ2) is 8.57. The van der Waals surface area contributed by atoms with Crippen LogP contribution in [0, 0.1) is 11.3 Å². The van der Waals surface area contributed by atoms with E-state index >= 15 is 0 Å². The van der Waals surface area contributed by atoms with E-state index in [-0.39, 0.29) is 11.7 Å². The highest BCUT2D eigenvalue weighted by Crippen LogP contribution is 2.35. The Morgan fingerprint density at radius 3 is 2.48 bits per heavy atom. The number of carbonyl (C=O) groups excluding carboxylic acids is 1. The van der Waals surface area contributed by atoms with Crippen molar-refractivity contribution in [3.05, 3.63) is 78.0 Å². The number of pyridine rings is 1. The van der Waals surface area contributed by atoms with Crippen molar-refractivity contribution in [2.24, 2.45) is 15.9 Å². The number of hydrogen-bond donors (Lipinski definition) is 2. The van der Waals surface area contributed by atoms with Crippen molar-refractivity contribution < 1.29 is 4.79 Å². The van der Waals surface area contributed by atoms with Gasteiger partial charge in [0.2, 0.25) is 0 Å². The lowest BCUT2D eigenvalue weighted by Gasteiger charge is -2.16. The molecule has 0 spiro atoms. The standard InChI is InChI=1S/C23H19N7O/c1-15-21(23(31)30(29-15)17-10-6-3-7-11-17)20-12-18(16-8-4-2-5-9-16)19(13-24)22(28-20)26-14-27-25/h2-12,14,21H,25H2,1H3,(H,26,27,28). The van der Waals surface area contributed by atoms with Crippen LogP contribution in [0.4, 0.5) is 11.5 Å². The van der Waals surface area contributed by atoms with Crippen LogP contribution in [-0.4, -0.2) is 22.9 Å². The van der Waals surface area contributed by atoms with Gasteiger partial charge in [-0.3, -0.25) is 4.79 Å². The number of aliphatic imine (C=N–C) groups is 1. The van der Waals surface area contributed by atoms with E-state index in [4.69, 9.17) is 5.84 Å². The highest BCUT2D eigenvalue weighted by Gasteiger charge is 2.37. The van der Waals surface area contributed by atoms with Crippen molar-refractivity contribution in [1.29, 1.82) is 5.26 Å². The van der Waals surface area contributed by atoms with Crippen LogP contribution < -0.4 is 16.3 Å². The van der Waals surface area contributed by atoms with Crippen molar-refractivity contribution in [2.75, 3.05) is 5.01 Å². The Kier molecular flexibility index (Phi) is 5.51. The summed E-state index contributed by atoms with van der Waals surface area (Å²) < 4.78 is 0. The molecule has 0 saturated carbocycles. The normalized spacial score (nSPS) is 15.8. The molecule has 1 aliphatic heterocycles. The number of anilines is 1. The molecule has 4 rings (SSSR count). The Hall–Kier alpha value is -4.35. The van der Waals surface area contributed by atoms with Crippen LogP contribution >= 0.6 is 0 Å².